The van der Waals surface area contributed by atoms with Gasteiger partial charge in [0.25, 0.3) is 0 Å². The maximum absolute atomic E-state index is 12.7. The number of nitrogens with zero attached hydrogens (tertiary/aromatic N) is 5. The van der Waals surface area contributed by atoms with Crippen molar-refractivity contribution in [3.63, 3.8) is 0 Å². The minimum atomic E-state index is -0.199. The number of para-hydroxylation sites is 1. The van der Waals surface area contributed by atoms with Gasteiger partial charge in [-0.1, -0.05) is 29.3 Å². The van der Waals surface area contributed by atoms with Crippen LogP contribution in [0.4, 0.5) is 16.2 Å². The summed E-state index contributed by atoms with van der Waals surface area (Å²) in [5.74, 6) is 0.714. The highest BCUT2D eigenvalue weighted by atomic mass is 35.5. The van der Waals surface area contributed by atoms with Crippen molar-refractivity contribution in [2.75, 3.05) is 36.4 Å². The summed E-state index contributed by atoms with van der Waals surface area (Å²) >= 11 is 12.3. The van der Waals surface area contributed by atoms with Gasteiger partial charge < -0.3 is 15.1 Å². The van der Waals surface area contributed by atoms with Crippen molar-refractivity contribution in [2.45, 2.75) is 26.3 Å². The summed E-state index contributed by atoms with van der Waals surface area (Å²) in [7, 11) is 0. The lowest BCUT2D eigenvalue weighted by Crippen LogP contribution is -2.50. The smallest absolute Gasteiger partial charge is 0.322 e. The topological polar surface area (TPSA) is 66.3 Å². The number of aromatic nitrogens is 3. The number of rotatable bonds is 3. The van der Waals surface area contributed by atoms with E-state index in [0.717, 1.165) is 24.3 Å². The van der Waals surface area contributed by atoms with E-state index < -0.39 is 0 Å². The lowest BCUT2D eigenvalue weighted by Gasteiger charge is -2.36. The second kappa shape index (κ2) is 9.00. The van der Waals surface area contributed by atoms with Crippen LogP contribution in [0.2, 0.25) is 10.0 Å². The molecule has 0 saturated carbocycles. The van der Waals surface area contributed by atoms with E-state index in [2.05, 4.69) is 53.2 Å². The Morgan fingerprint density at radius 1 is 0.969 bits per heavy atom. The molecular weight excluding hydrogens is 447 g/mol. The van der Waals surface area contributed by atoms with Gasteiger partial charge in [0, 0.05) is 37.4 Å². The van der Waals surface area contributed by atoms with Crippen molar-refractivity contribution in [3.8, 4) is 11.4 Å². The number of anilines is 2. The van der Waals surface area contributed by atoms with E-state index in [1.165, 1.54) is 0 Å². The van der Waals surface area contributed by atoms with Gasteiger partial charge in [0.1, 0.15) is 6.33 Å². The Balaban J connectivity index is 1.36. The third-order valence-corrected chi connectivity index (χ3v) is 6.06. The molecule has 2 aromatic carbocycles. The van der Waals surface area contributed by atoms with Gasteiger partial charge in [-0.3, -0.25) is 0 Å². The third kappa shape index (κ3) is 4.84. The van der Waals surface area contributed by atoms with E-state index in [1.54, 1.807) is 29.4 Å². The number of urea groups is 1. The van der Waals surface area contributed by atoms with Gasteiger partial charge >= 0.3 is 6.03 Å². The van der Waals surface area contributed by atoms with E-state index in [-0.39, 0.29) is 11.6 Å². The van der Waals surface area contributed by atoms with Crippen molar-refractivity contribution in [1.29, 1.82) is 0 Å². The molecule has 0 bridgehead atoms. The predicted molar refractivity (Wildman–Crippen MR) is 130 cm³/mol. The zero-order valence-electron chi connectivity index (χ0n) is 18.3. The Labute approximate surface area is 197 Å². The number of nitrogens with one attached hydrogen (secondary N) is 1. The number of halogens is 2. The van der Waals surface area contributed by atoms with E-state index in [0.29, 0.717) is 34.6 Å². The fourth-order valence-electron chi connectivity index (χ4n) is 3.51. The lowest BCUT2D eigenvalue weighted by molar-refractivity contribution is 0.208. The summed E-state index contributed by atoms with van der Waals surface area (Å²) in [6.45, 7) is 8.97. The fourth-order valence-corrected chi connectivity index (χ4v) is 4.00. The molecular formula is C23H26Cl2N6O. The first kappa shape index (κ1) is 22.4. The molecule has 1 N–H and O–H groups in total. The molecule has 0 atom stereocenters. The molecule has 3 aromatic rings. The number of carbonyl (C=O) groups is 1. The number of benzene rings is 2. The van der Waals surface area contributed by atoms with Crippen LogP contribution in [0, 0.1) is 0 Å². The minimum Gasteiger partial charge on any atom is -0.368 e. The molecule has 1 aliphatic rings. The number of piperazine rings is 1. The summed E-state index contributed by atoms with van der Waals surface area (Å²) < 4.78 is 1.87. The molecule has 2 amide bonds. The van der Waals surface area contributed by atoms with Gasteiger partial charge in [0.2, 0.25) is 0 Å². The van der Waals surface area contributed by atoms with Crippen molar-refractivity contribution < 1.29 is 4.79 Å². The minimum absolute atomic E-state index is 0.103. The van der Waals surface area contributed by atoms with Crippen LogP contribution in [0.5, 0.6) is 0 Å². The molecule has 1 saturated heterocycles. The van der Waals surface area contributed by atoms with E-state index in [1.807, 2.05) is 16.8 Å². The summed E-state index contributed by atoms with van der Waals surface area (Å²) in [5, 5.41) is 8.27. The van der Waals surface area contributed by atoms with Crippen molar-refractivity contribution >= 4 is 40.6 Å². The highest BCUT2D eigenvalue weighted by molar-refractivity contribution is 6.39. The number of hydrogen-bond acceptors (Lipinski definition) is 4. The zero-order valence-corrected chi connectivity index (χ0v) is 19.9. The first-order valence-corrected chi connectivity index (χ1v) is 11.3. The Bertz CT molecular complexity index is 1080. The summed E-state index contributed by atoms with van der Waals surface area (Å²) in [6.07, 6.45) is 1.77. The number of hydrogen-bond donors (Lipinski definition) is 1. The second-order valence-corrected chi connectivity index (χ2v) is 9.55. The normalized spacial score (nSPS) is 14.5. The summed E-state index contributed by atoms with van der Waals surface area (Å²) in [4.78, 5) is 21.1. The van der Waals surface area contributed by atoms with Crippen LogP contribution >= 0.6 is 23.2 Å². The Morgan fingerprint density at radius 3 is 2.16 bits per heavy atom. The van der Waals surface area contributed by atoms with Crippen LogP contribution < -0.4 is 10.2 Å². The Morgan fingerprint density at radius 2 is 1.59 bits per heavy atom. The average molecular weight is 473 g/mol. The number of carbonyl (C=O) groups excluding carboxylic acids is 1. The molecule has 32 heavy (non-hydrogen) atoms. The van der Waals surface area contributed by atoms with Gasteiger partial charge in [0.05, 0.1) is 21.3 Å². The SMILES string of the molecule is CC(C)(C)n1cnc(-c2ccc(N3CCN(C(=O)Nc4c(Cl)cccc4Cl)CC3)cc2)n1. The molecule has 1 aromatic heterocycles. The first-order valence-electron chi connectivity index (χ1n) is 10.5. The molecule has 0 unspecified atom stereocenters. The highest BCUT2D eigenvalue weighted by Gasteiger charge is 2.23. The average Bonchev–Trinajstić information content (AvgIpc) is 3.28. The van der Waals surface area contributed by atoms with Gasteiger partial charge in [-0.05, 0) is 57.2 Å². The number of amides is 2. The quantitative estimate of drug-likeness (QED) is 0.556. The Kier molecular flexibility index (Phi) is 6.31. The molecule has 168 valence electrons. The monoisotopic (exact) mass is 472 g/mol. The van der Waals surface area contributed by atoms with Crippen molar-refractivity contribution in [3.05, 3.63) is 58.8 Å². The van der Waals surface area contributed by atoms with Gasteiger partial charge in [-0.2, -0.15) is 5.10 Å². The van der Waals surface area contributed by atoms with Gasteiger partial charge in [-0.15, -0.1) is 0 Å². The maximum Gasteiger partial charge on any atom is 0.322 e. The molecule has 2 heterocycles. The maximum atomic E-state index is 12.7. The van der Waals surface area contributed by atoms with E-state index in [4.69, 9.17) is 23.2 Å². The van der Waals surface area contributed by atoms with E-state index >= 15 is 0 Å². The molecule has 1 fully saturated rings. The lowest BCUT2D eigenvalue weighted by atomic mass is 10.1. The fraction of sp³-hybridized carbons (Fsp3) is 0.348. The van der Waals surface area contributed by atoms with Crippen LogP contribution in [0.3, 0.4) is 0 Å². The van der Waals surface area contributed by atoms with Gasteiger partial charge in [0.15, 0.2) is 5.82 Å². The largest absolute Gasteiger partial charge is 0.368 e. The predicted octanol–water partition coefficient (Wildman–Crippen LogP) is 5.36. The molecule has 7 nitrogen and oxygen atoms in total. The van der Waals surface area contributed by atoms with Crippen LogP contribution in [0.25, 0.3) is 11.4 Å². The van der Waals surface area contributed by atoms with Crippen molar-refractivity contribution in [1.82, 2.24) is 19.7 Å². The molecule has 0 spiro atoms. The second-order valence-electron chi connectivity index (χ2n) is 8.73. The summed E-state index contributed by atoms with van der Waals surface area (Å²) in [5.41, 5.74) is 2.43. The molecule has 1 aliphatic heterocycles. The first-order chi connectivity index (χ1) is 15.2. The molecule has 9 heteroatoms. The van der Waals surface area contributed by atoms with Gasteiger partial charge in [-0.25, -0.2) is 14.5 Å². The third-order valence-electron chi connectivity index (χ3n) is 5.43. The summed E-state index contributed by atoms with van der Waals surface area (Å²) in [6, 6.07) is 13.2. The highest BCUT2D eigenvalue weighted by Crippen LogP contribution is 2.30. The van der Waals surface area contributed by atoms with E-state index in [9.17, 15) is 4.79 Å². The molecule has 0 radical (unpaired) electrons. The van der Waals surface area contributed by atoms with Crippen LogP contribution in [0.15, 0.2) is 48.8 Å². The molecule has 0 aliphatic carbocycles. The standard InChI is InChI=1S/C23H26Cl2N6O/c1-23(2,3)31-15-26-21(28-31)16-7-9-17(10-8-16)29-11-13-30(14-12-29)22(32)27-20-18(24)5-4-6-19(20)25/h4-10,15H,11-14H2,1-3H3,(H,27,32). The van der Waals surface area contributed by atoms with Crippen molar-refractivity contribution in [2.24, 2.45) is 0 Å². The van der Waals surface area contributed by atoms with Crippen LogP contribution in [0.1, 0.15) is 20.8 Å². The van der Waals surface area contributed by atoms with Crippen LogP contribution in [-0.2, 0) is 5.54 Å². The molecule has 4 rings (SSSR count). The zero-order chi connectivity index (χ0) is 22.9. The Hall–Kier alpha value is -2.77. The van der Waals surface area contributed by atoms with Crippen LogP contribution in [-0.4, -0.2) is 51.9 Å².